The summed E-state index contributed by atoms with van der Waals surface area (Å²) < 4.78 is 12.5. The van der Waals surface area contributed by atoms with Gasteiger partial charge < -0.3 is 14.8 Å². The molecule has 1 unspecified atom stereocenters. The monoisotopic (exact) mass is 488 g/mol. The molecule has 1 aromatic heterocycles. The highest BCUT2D eigenvalue weighted by molar-refractivity contribution is 7.99. The number of amides is 1. The molecule has 4 rings (SSSR count). The highest BCUT2D eigenvalue weighted by Crippen LogP contribution is 2.28. The van der Waals surface area contributed by atoms with E-state index in [0.717, 1.165) is 11.3 Å². The molecule has 1 N–H and O–H groups in total. The molecule has 0 saturated carbocycles. The fraction of sp³-hybridized carbons (Fsp3) is 0.154. The summed E-state index contributed by atoms with van der Waals surface area (Å²) >= 11 is 1.19. The first-order chi connectivity index (χ1) is 17.1. The molecular weight excluding hydrogens is 464 g/mol. The van der Waals surface area contributed by atoms with Crippen LogP contribution in [0, 0.1) is 0 Å². The van der Waals surface area contributed by atoms with Gasteiger partial charge in [-0.1, -0.05) is 72.4 Å². The molecule has 0 bridgehead atoms. The number of para-hydroxylation sites is 3. The van der Waals surface area contributed by atoms with Gasteiger partial charge in [0.2, 0.25) is 0 Å². The summed E-state index contributed by atoms with van der Waals surface area (Å²) in [5.74, 6) is 0.154. The third-order valence-electron chi connectivity index (χ3n) is 5.04. The molecule has 0 fully saturated rings. The number of nitrogens with one attached hydrogen (secondary N) is 1. The van der Waals surface area contributed by atoms with E-state index in [9.17, 15) is 9.59 Å². The first-order valence-corrected chi connectivity index (χ1v) is 11.9. The highest BCUT2D eigenvalue weighted by Gasteiger charge is 2.21. The molecule has 9 heteroatoms. The van der Waals surface area contributed by atoms with Crippen LogP contribution < -0.4 is 10.1 Å². The van der Waals surface area contributed by atoms with E-state index >= 15 is 0 Å². The van der Waals surface area contributed by atoms with Crippen LogP contribution in [-0.2, 0) is 14.3 Å². The lowest BCUT2D eigenvalue weighted by Gasteiger charge is -2.15. The maximum Gasteiger partial charge on any atom is 0.317 e. The zero-order valence-corrected chi connectivity index (χ0v) is 20.1. The molecule has 3 aromatic carbocycles. The first-order valence-electron chi connectivity index (χ1n) is 10.9. The van der Waals surface area contributed by atoms with Crippen molar-refractivity contribution in [3.05, 3.63) is 84.9 Å². The number of ether oxygens (including phenoxy) is 2. The minimum Gasteiger partial charge on any atom is -0.495 e. The van der Waals surface area contributed by atoms with E-state index in [-0.39, 0.29) is 5.75 Å². The summed E-state index contributed by atoms with van der Waals surface area (Å²) in [6, 6.07) is 26.4. The van der Waals surface area contributed by atoms with Crippen LogP contribution in [0.4, 0.5) is 5.69 Å². The van der Waals surface area contributed by atoms with Crippen molar-refractivity contribution in [1.29, 1.82) is 0 Å². The Balaban J connectivity index is 1.43. The van der Waals surface area contributed by atoms with Crippen LogP contribution >= 0.6 is 11.8 Å². The average molecular weight is 489 g/mol. The van der Waals surface area contributed by atoms with E-state index in [1.165, 1.54) is 25.8 Å². The van der Waals surface area contributed by atoms with Gasteiger partial charge in [-0.15, -0.1) is 10.2 Å². The lowest BCUT2D eigenvalue weighted by atomic mass is 10.2. The largest absolute Gasteiger partial charge is 0.495 e. The van der Waals surface area contributed by atoms with Crippen LogP contribution in [0.2, 0.25) is 0 Å². The number of carbonyl (C=O) groups excluding carboxylic acids is 2. The maximum atomic E-state index is 12.5. The van der Waals surface area contributed by atoms with Gasteiger partial charge in [-0.2, -0.15) is 0 Å². The number of rotatable bonds is 9. The van der Waals surface area contributed by atoms with E-state index < -0.39 is 18.0 Å². The molecule has 0 aliphatic heterocycles. The van der Waals surface area contributed by atoms with Gasteiger partial charge in [-0.3, -0.25) is 14.2 Å². The second-order valence-electron chi connectivity index (χ2n) is 7.45. The maximum absolute atomic E-state index is 12.5. The Kier molecular flexibility index (Phi) is 7.79. The predicted octanol–water partition coefficient (Wildman–Crippen LogP) is 4.61. The van der Waals surface area contributed by atoms with Gasteiger partial charge >= 0.3 is 5.97 Å². The van der Waals surface area contributed by atoms with E-state index in [1.54, 1.807) is 24.3 Å². The zero-order chi connectivity index (χ0) is 24.6. The van der Waals surface area contributed by atoms with Gasteiger partial charge in [0.1, 0.15) is 5.75 Å². The van der Waals surface area contributed by atoms with Gasteiger partial charge in [-0.25, -0.2) is 0 Å². The van der Waals surface area contributed by atoms with Crippen LogP contribution in [0.25, 0.3) is 17.1 Å². The normalized spacial score (nSPS) is 11.5. The molecule has 35 heavy (non-hydrogen) atoms. The molecule has 8 nitrogen and oxygen atoms in total. The molecule has 0 radical (unpaired) electrons. The Bertz CT molecular complexity index is 1300. The van der Waals surface area contributed by atoms with E-state index in [2.05, 4.69) is 15.5 Å². The van der Waals surface area contributed by atoms with Gasteiger partial charge in [0, 0.05) is 11.3 Å². The Morgan fingerprint density at radius 2 is 1.60 bits per heavy atom. The van der Waals surface area contributed by atoms with Crippen molar-refractivity contribution in [3.63, 3.8) is 0 Å². The predicted molar refractivity (Wildman–Crippen MR) is 135 cm³/mol. The summed E-state index contributed by atoms with van der Waals surface area (Å²) in [7, 11) is 1.52. The van der Waals surface area contributed by atoms with Crippen LogP contribution in [0.3, 0.4) is 0 Å². The standard InChI is InChI=1S/C26H24N4O4S/c1-18(25(32)27-21-15-9-10-16-22(21)33-2)34-23(31)17-35-26-29-28-24(19-11-5-3-6-12-19)30(26)20-13-7-4-8-14-20/h3-16,18H,17H2,1-2H3,(H,27,32). The van der Waals surface area contributed by atoms with Crippen LogP contribution in [0.5, 0.6) is 5.75 Å². The van der Waals surface area contributed by atoms with Crippen molar-refractivity contribution in [2.75, 3.05) is 18.2 Å². The summed E-state index contributed by atoms with van der Waals surface area (Å²) in [4.78, 5) is 25.0. The molecule has 1 atom stereocenters. The number of benzene rings is 3. The summed E-state index contributed by atoms with van der Waals surface area (Å²) in [5, 5.41) is 11.9. The fourth-order valence-corrected chi connectivity index (χ4v) is 4.07. The van der Waals surface area contributed by atoms with Gasteiger partial charge in [-0.05, 0) is 31.2 Å². The second kappa shape index (κ2) is 11.3. The van der Waals surface area contributed by atoms with Gasteiger partial charge in [0.25, 0.3) is 5.91 Å². The smallest absolute Gasteiger partial charge is 0.317 e. The quantitative estimate of drug-likeness (QED) is 0.272. The van der Waals surface area contributed by atoms with Crippen molar-refractivity contribution in [2.45, 2.75) is 18.2 Å². The van der Waals surface area contributed by atoms with E-state index in [0.29, 0.717) is 22.4 Å². The molecule has 0 spiro atoms. The molecule has 178 valence electrons. The number of methoxy groups -OCH3 is 1. The SMILES string of the molecule is COc1ccccc1NC(=O)C(C)OC(=O)CSc1nnc(-c2ccccc2)n1-c1ccccc1. The third kappa shape index (κ3) is 5.88. The summed E-state index contributed by atoms with van der Waals surface area (Å²) in [6.07, 6.45) is -0.986. The number of thioether (sulfide) groups is 1. The second-order valence-corrected chi connectivity index (χ2v) is 8.40. The number of hydrogen-bond donors (Lipinski definition) is 1. The lowest BCUT2D eigenvalue weighted by Crippen LogP contribution is -2.30. The van der Waals surface area contributed by atoms with Crippen molar-refractivity contribution in [2.24, 2.45) is 0 Å². The first kappa shape index (κ1) is 24.0. The van der Waals surface area contributed by atoms with E-state index in [4.69, 9.17) is 9.47 Å². The summed E-state index contributed by atoms with van der Waals surface area (Å²) in [6.45, 7) is 1.52. The number of nitrogens with zero attached hydrogens (tertiary/aromatic N) is 3. The number of aromatic nitrogens is 3. The van der Waals surface area contributed by atoms with Crippen molar-refractivity contribution in [3.8, 4) is 22.8 Å². The number of esters is 1. The van der Waals surface area contributed by atoms with Gasteiger partial charge in [0.15, 0.2) is 17.1 Å². The average Bonchev–Trinajstić information content (AvgIpc) is 3.33. The highest BCUT2D eigenvalue weighted by atomic mass is 32.2. The molecule has 0 aliphatic rings. The Morgan fingerprint density at radius 3 is 2.31 bits per heavy atom. The molecule has 0 aliphatic carbocycles. The van der Waals surface area contributed by atoms with Crippen LogP contribution in [0.1, 0.15) is 6.92 Å². The van der Waals surface area contributed by atoms with Crippen LogP contribution in [0.15, 0.2) is 90.1 Å². The molecular formula is C26H24N4O4S. The molecule has 1 amide bonds. The molecule has 4 aromatic rings. The van der Waals surface area contributed by atoms with Crippen molar-refractivity contribution < 1.29 is 19.1 Å². The van der Waals surface area contributed by atoms with Gasteiger partial charge in [0.05, 0.1) is 18.6 Å². The topological polar surface area (TPSA) is 95.3 Å². The fourth-order valence-electron chi connectivity index (χ4n) is 3.34. The zero-order valence-electron chi connectivity index (χ0n) is 19.3. The third-order valence-corrected chi connectivity index (χ3v) is 5.94. The number of anilines is 1. The summed E-state index contributed by atoms with van der Waals surface area (Å²) in [5.41, 5.74) is 2.28. The Labute approximate surface area is 207 Å². The molecule has 1 heterocycles. The van der Waals surface area contributed by atoms with Crippen LogP contribution in [-0.4, -0.2) is 45.6 Å². The number of carbonyl (C=O) groups is 2. The minimum atomic E-state index is -0.986. The molecule has 0 saturated heterocycles. The Morgan fingerprint density at radius 1 is 0.943 bits per heavy atom. The lowest BCUT2D eigenvalue weighted by molar-refractivity contribution is -0.150. The number of hydrogen-bond acceptors (Lipinski definition) is 7. The van der Waals surface area contributed by atoms with Crippen molar-refractivity contribution >= 4 is 29.3 Å². The Hall–Kier alpha value is -4.11. The minimum absolute atomic E-state index is 0.0357. The van der Waals surface area contributed by atoms with E-state index in [1.807, 2.05) is 65.2 Å². The van der Waals surface area contributed by atoms with Crippen molar-refractivity contribution in [1.82, 2.24) is 14.8 Å².